The average Bonchev–Trinajstić information content (AvgIpc) is 2.97. The molecule has 0 saturated heterocycles. The Kier molecular flexibility index (Phi) is 3.95. The molecule has 116 valence electrons. The van der Waals surface area contributed by atoms with Crippen molar-refractivity contribution in [3.05, 3.63) is 35.5 Å². The van der Waals surface area contributed by atoms with Crippen LogP contribution < -0.4 is 14.8 Å². The lowest BCUT2D eigenvalue weighted by molar-refractivity contribution is -0.126. The van der Waals surface area contributed by atoms with E-state index >= 15 is 0 Å². The van der Waals surface area contributed by atoms with Gasteiger partial charge in [0.05, 0.1) is 19.6 Å². The number of aromatic nitrogens is 2. The second-order valence-electron chi connectivity index (χ2n) is 5.14. The summed E-state index contributed by atoms with van der Waals surface area (Å²) in [5.74, 6) is 2.15. The number of benzene rings is 1. The van der Waals surface area contributed by atoms with Crippen LogP contribution in [-0.2, 0) is 17.8 Å². The van der Waals surface area contributed by atoms with Gasteiger partial charge >= 0.3 is 0 Å². The third kappa shape index (κ3) is 3.03. The molecule has 0 bridgehead atoms. The molecule has 0 radical (unpaired) electrons. The molecule has 1 amide bonds. The van der Waals surface area contributed by atoms with Crippen LogP contribution in [0.15, 0.2) is 22.7 Å². The number of carbonyl (C=O) groups excluding carboxylic acids is 1. The summed E-state index contributed by atoms with van der Waals surface area (Å²) in [6, 6.07) is 5.63. The molecule has 22 heavy (non-hydrogen) atoms. The van der Waals surface area contributed by atoms with Gasteiger partial charge in [-0.05, 0) is 25.0 Å². The van der Waals surface area contributed by atoms with Gasteiger partial charge < -0.3 is 19.3 Å². The van der Waals surface area contributed by atoms with Crippen molar-refractivity contribution >= 4 is 5.91 Å². The minimum atomic E-state index is -0.232. The Labute approximate surface area is 127 Å². The Morgan fingerprint density at radius 1 is 1.50 bits per heavy atom. The summed E-state index contributed by atoms with van der Waals surface area (Å²) in [6.45, 7) is 2.30. The Bertz CT molecular complexity index is 683. The first-order chi connectivity index (χ1) is 10.7. The molecule has 7 nitrogen and oxygen atoms in total. The fourth-order valence-electron chi connectivity index (χ4n) is 2.37. The summed E-state index contributed by atoms with van der Waals surface area (Å²) in [6.07, 6.45) is 0.633. The van der Waals surface area contributed by atoms with Crippen LogP contribution in [0.5, 0.6) is 11.5 Å². The highest BCUT2D eigenvalue weighted by Crippen LogP contribution is 2.31. The molecule has 1 aromatic heterocycles. The summed E-state index contributed by atoms with van der Waals surface area (Å²) in [7, 11) is 1.61. The molecule has 1 N–H and O–H groups in total. The lowest BCUT2D eigenvalue weighted by atomic mass is 9.96. The highest BCUT2D eigenvalue weighted by atomic mass is 16.5. The highest BCUT2D eigenvalue weighted by Gasteiger charge is 2.26. The van der Waals surface area contributed by atoms with Crippen molar-refractivity contribution in [3.8, 4) is 11.5 Å². The number of fused-ring (bicyclic) bond motifs is 1. The number of rotatable bonds is 4. The summed E-state index contributed by atoms with van der Waals surface area (Å²) in [5.41, 5.74) is 1.00. The van der Waals surface area contributed by atoms with Gasteiger partial charge in [0.25, 0.3) is 0 Å². The van der Waals surface area contributed by atoms with Gasteiger partial charge in [-0.1, -0.05) is 11.2 Å². The van der Waals surface area contributed by atoms with Crippen molar-refractivity contribution in [1.29, 1.82) is 0 Å². The van der Waals surface area contributed by atoms with Gasteiger partial charge in [0.2, 0.25) is 11.8 Å². The maximum absolute atomic E-state index is 12.2. The van der Waals surface area contributed by atoms with Gasteiger partial charge in [-0.2, -0.15) is 4.98 Å². The number of nitrogens with zero attached hydrogens (tertiary/aromatic N) is 2. The molecule has 0 saturated carbocycles. The van der Waals surface area contributed by atoms with Gasteiger partial charge in [0.1, 0.15) is 18.1 Å². The summed E-state index contributed by atoms with van der Waals surface area (Å²) >= 11 is 0. The van der Waals surface area contributed by atoms with E-state index in [9.17, 15) is 4.79 Å². The standard InChI is InChI=1S/C15H17N3O4/c1-9-17-14(22-18-9)7-16-15(19)11-5-10-3-4-12(20-2)6-13(10)21-8-11/h3-4,6,11H,5,7-8H2,1-2H3,(H,16,19). The van der Waals surface area contributed by atoms with Crippen LogP contribution in [-0.4, -0.2) is 29.8 Å². The van der Waals surface area contributed by atoms with Gasteiger partial charge in [-0.25, -0.2) is 0 Å². The molecule has 1 aliphatic rings. The zero-order valence-electron chi connectivity index (χ0n) is 12.5. The van der Waals surface area contributed by atoms with E-state index in [1.807, 2.05) is 18.2 Å². The van der Waals surface area contributed by atoms with E-state index in [0.29, 0.717) is 24.7 Å². The number of hydrogen-bond donors (Lipinski definition) is 1. The van der Waals surface area contributed by atoms with Crippen LogP contribution in [0.4, 0.5) is 0 Å². The fraction of sp³-hybridized carbons (Fsp3) is 0.400. The molecule has 0 aliphatic carbocycles. The van der Waals surface area contributed by atoms with Crippen molar-refractivity contribution in [2.75, 3.05) is 13.7 Å². The smallest absolute Gasteiger partial charge is 0.246 e. The Morgan fingerprint density at radius 3 is 3.09 bits per heavy atom. The lowest BCUT2D eigenvalue weighted by Crippen LogP contribution is -2.37. The number of ether oxygens (including phenoxy) is 2. The van der Waals surface area contributed by atoms with E-state index in [1.54, 1.807) is 14.0 Å². The largest absolute Gasteiger partial charge is 0.497 e. The van der Waals surface area contributed by atoms with Crippen LogP contribution in [0, 0.1) is 12.8 Å². The number of methoxy groups -OCH3 is 1. The van der Waals surface area contributed by atoms with Crippen molar-refractivity contribution in [2.24, 2.45) is 5.92 Å². The first kappa shape index (κ1) is 14.4. The van der Waals surface area contributed by atoms with Crippen LogP contribution in [0.25, 0.3) is 0 Å². The van der Waals surface area contributed by atoms with E-state index in [0.717, 1.165) is 17.1 Å². The summed E-state index contributed by atoms with van der Waals surface area (Å²) in [5, 5.41) is 6.47. The monoisotopic (exact) mass is 303 g/mol. The minimum Gasteiger partial charge on any atom is -0.497 e. The second kappa shape index (κ2) is 6.05. The number of hydrogen-bond acceptors (Lipinski definition) is 6. The Hall–Kier alpha value is -2.57. The third-order valence-corrected chi connectivity index (χ3v) is 3.53. The zero-order chi connectivity index (χ0) is 15.5. The third-order valence-electron chi connectivity index (χ3n) is 3.53. The van der Waals surface area contributed by atoms with Gasteiger partial charge in [-0.3, -0.25) is 4.79 Å². The van der Waals surface area contributed by atoms with E-state index in [2.05, 4.69) is 15.5 Å². The highest BCUT2D eigenvalue weighted by molar-refractivity contribution is 5.79. The van der Waals surface area contributed by atoms with Crippen molar-refractivity contribution in [3.63, 3.8) is 0 Å². The lowest BCUT2D eigenvalue weighted by Gasteiger charge is -2.24. The average molecular weight is 303 g/mol. The molecule has 7 heteroatoms. The van der Waals surface area contributed by atoms with Gasteiger partial charge in [0.15, 0.2) is 5.82 Å². The maximum Gasteiger partial charge on any atom is 0.246 e. The Balaban J connectivity index is 1.60. The summed E-state index contributed by atoms with van der Waals surface area (Å²) in [4.78, 5) is 16.3. The SMILES string of the molecule is COc1ccc2c(c1)OCC(C(=O)NCc1nc(C)no1)C2. The zero-order valence-corrected chi connectivity index (χ0v) is 12.5. The molecule has 2 heterocycles. The van der Waals surface area contributed by atoms with Crippen LogP contribution in [0.2, 0.25) is 0 Å². The van der Waals surface area contributed by atoms with E-state index in [1.165, 1.54) is 0 Å². The normalized spacial score (nSPS) is 16.5. The molecule has 3 rings (SSSR count). The fourth-order valence-corrected chi connectivity index (χ4v) is 2.37. The quantitative estimate of drug-likeness (QED) is 0.915. The van der Waals surface area contributed by atoms with Crippen LogP contribution >= 0.6 is 0 Å². The maximum atomic E-state index is 12.2. The van der Waals surface area contributed by atoms with E-state index < -0.39 is 0 Å². The summed E-state index contributed by atoms with van der Waals surface area (Å²) < 4.78 is 15.8. The molecule has 0 fully saturated rings. The number of carbonyl (C=O) groups is 1. The van der Waals surface area contributed by atoms with Crippen molar-refractivity contribution < 1.29 is 18.8 Å². The predicted octanol–water partition coefficient (Wildman–Crippen LogP) is 1.25. The minimum absolute atomic E-state index is 0.0858. The number of amides is 1. The van der Waals surface area contributed by atoms with E-state index in [-0.39, 0.29) is 18.4 Å². The molecular formula is C15H17N3O4. The van der Waals surface area contributed by atoms with Crippen molar-refractivity contribution in [2.45, 2.75) is 19.9 Å². The number of aryl methyl sites for hydroxylation is 1. The first-order valence-corrected chi connectivity index (χ1v) is 7.02. The number of nitrogens with one attached hydrogen (secondary N) is 1. The first-order valence-electron chi connectivity index (χ1n) is 7.02. The van der Waals surface area contributed by atoms with Gasteiger partial charge in [-0.15, -0.1) is 0 Å². The molecule has 1 aromatic carbocycles. The molecule has 1 unspecified atom stereocenters. The molecule has 0 spiro atoms. The van der Waals surface area contributed by atoms with Crippen LogP contribution in [0.1, 0.15) is 17.3 Å². The predicted molar refractivity (Wildman–Crippen MR) is 76.6 cm³/mol. The molecule has 1 aliphatic heterocycles. The van der Waals surface area contributed by atoms with Crippen molar-refractivity contribution in [1.82, 2.24) is 15.5 Å². The van der Waals surface area contributed by atoms with Gasteiger partial charge in [0, 0.05) is 6.07 Å². The van der Waals surface area contributed by atoms with E-state index in [4.69, 9.17) is 14.0 Å². The van der Waals surface area contributed by atoms with Crippen LogP contribution in [0.3, 0.4) is 0 Å². The Morgan fingerprint density at radius 2 is 2.36 bits per heavy atom. The molecule has 1 atom stereocenters. The molecule has 2 aromatic rings. The second-order valence-corrected chi connectivity index (χ2v) is 5.14. The molecular weight excluding hydrogens is 286 g/mol. The topological polar surface area (TPSA) is 86.5 Å².